The van der Waals surface area contributed by atoms with Crippen molar-refractivity contribution in [2.45, 2.75) is 11.6 Å². The minimum absolute atomic E-state index is 0.0242. The number of nitrogens with zero attached hydrogens (tertiary/aromatic N) is 3. The van der Waals surface area contributed by atoms with E-state index in [2.05, 4.69) is 20.8 Å². The van der Waals surface area contributed by atoms with Crippen molar-refractivity contribution < 1.29 is 18.7 Å². The summed E-state index contributed by atoms with van der Waals surface area (Å²) in [5, 5.41) is 13.9. The molecule has 0 saturated heterocycles. The fraction of sp³-hybridized carbons (Fsp3) is 0.200. The average Bonchev–Trinajstić information content (AvgIpc) is 3.09. The third kappa shape index (κ3) is 6.19. The van der Waals surface area contributed by atoms with Gasteiger partial charge in [-0.1, -0.05) is 23.4 Å². The Morgan fingerprint density at radius 3 is 2.45 bits per heavy atom. The summed E-state index contributed by atoms with van der Waals surface area (Å²) in [5.41, 5.74) is 1.03. The van der Waals surface area contributed by atoms with Gasteiger partial charge in [0.25, 0.3) is 0 Å². The molecule has 0 aliphatic carbocycles. The van der Waals surface area contributed by atoms with Crippen LogP contribution < -0.4 is 15.4 Å². The van der Waals surface area contributed by atoms with Crippen molar-refractivity contribution in [3.8, 4) is 5.75 Å². The van der Waals surface area contributed by atoms with E-state index in [9.17, 15) is 14.0 Å². The Morgan fingerprint density at radius 1 is 1.10 bits per heavy atom. The highest BCUT2D eigenvalue weighted by Gasteiger charge is 2.15. The molecule has 0 saturated carbocycles. The number of hydrogen-bond donors (Lipinski definition) is 2. The average molecular weight is 464 g/mol. The second kappa shape index (κ2) is 10.3. The monoisotopic (exact) mass is 463 g/mol. The highest BCUT2D eigenvalue weighted by molar-refractivity contribution is 7.99. The molecule has 2 aromatic carbocycles. The lowest BCUT2D eigenvalue weighted by molar-refractivity contribution is -0.116. The lowest BCUT2D eigenvalue weighted by Crippen LogP contribution is -2.17. The summed E-state index contributed by atoms with van der Waals surface area (Å²) in [6.45, 7) is 0. The van der Waals surface area contributed by atoms with Crippen LogP contribution in [-0.4, -0.2) is 39.4 Å². The lowest BCUT2D eigenvalue weighted by Gasteiger charge is -2.07. The number of carbonyl (C=O) groups excluding carboxylic acids is 2. The second-order valence-corrected chi connectivity index (χ2v) is 7.73. The molecule has 0 unspecified atom stereocenters. The van der Waals surface area contributed by atoms with Crippen LogP contribution in [-0.2, 0) is 23.1 Å². The van der Waals surface area contributed by atoms with E-state index in [-0.39, 0.29) is 29.0 Å². The Hall–Kier alpha value is -3.11. The number of halogens is 2. The first-order valence-electron chi connectivity index (χ1n) is 9.05. The van der Waals surface area contributed by atoms with Gasteiger partial charge < -0.3 is 19.9 Å². The lowest BCUT2D eigenvalue weighted by atomic mass is 10.3. The number of amides is 2. The van der Waals surface area contributed by atoms with E-state index in [1.165, 1.54) is 18.2 Å². The number of ether oxygens (including phenoxy) is 1. The van der Waals surface area contributed by atoms with Crippen molar-refractivity contribution in [1.29, 1.82) is 0 Å². The predicted octanol–water partition coefficient (Wildman–Crippen LogP) is 3.53. The number of aromatic nitrogens is 3. The summed E-state index contributed by atoms with van der Waals surface area (Å²) in [6, 6.07) is 10.9. The molecular formula is C20H19ClFN5O3S. The van der Waals surface area contributed by atoms with Gasteiger partial charge in [0.1, 0.15) is 17.4 Å². The maximum absolute atomic E-state index is 13.2. The first-order valence-corrected chi connectivity index (χ1v) is 10.4. The molecule has 2 N–H and O–H groups in total. The van der Waals surface area contributed by atoms with Crippen molar-refractivity contribution in [1.82, 2.24) is 14.8 Å². The molecule has 11 heteroatoms. The van der Waals surface area contributed by atoms with Gasteiger partial charge in [-0.3, -0.25) is 9.59 Å². The molecule has 0 bridgehead atoms. The van der Waals surface area contributed by atoms with Gasteiger partial charge in [0.2, 0.25) is 11.8 Å². The van der Waals surface area contributed by atoms with E-state index < -0.39 is 5.82 Å². The van der Waals surface area contributed by atoms with Gasteiger partial charge >= 0.3 is 0 Å². The predicted molar refractivity (Wildman–Crippen MR) is 117 cm³/mol. The molecule has 0 radical (unpaired) electrons. The summed E-state index contributed by atoms with van der Waals surface area (Å²) >= 11 is 6.87. The zero-order chi connectivity index (χ0) is 22.4. The van der Waals surface area contributed by atoms with Gasteiger partial charge in [-0.2, -0.15) is 0 Å². The SMILES string of the molecule is COc1ccc(NC(=O)Cc2nnc(SCC(=O)Nc3ccc(F)c(Cl)c3)n2C)cc1. The van der Waals surface area contributed by atoms with Crippen LogP contribution in [0.1, 0.15) is 5.82 Å². The van der Waals surface area contributed by atoms with Crippen molar-refractivity contribution in [3.63, 3.8) is 0 Å². The van der Waals surface area contributed by atoms with Gasteiger partial charge in [0.05, 0.1) is 24.3 Å². The number of carbonyl (C=O) groups is 2. The number of benzene rings is 2. The molecular weight excluding hydrogens is 445 g/mol. The normalized spacial score (nSPS) is 10.6. The Morgan fingerprint density at radius 2 is 1.77 bits per heavy atom. The van der Waals surface area contributed by atoms with Gasteiger partial charge in [-0.25, -0.2) is 4.39 Å². The molecule has 31 heavy (non-hydrogen) atoms. The highest BCUT2D eigenvalue weighted by Crippen LogP contribution is 2.21. The minimum atomic E-state index is -0.559. The molecule has 2 amide bonds. The van der Waals surface area contributed by atoms with Crippen LogP contribution in [0.2, 0.25) is 5.02 Å². The third-order valence-corrected chi connectivity index (χ3v) is 5.46. The summed E-state index contributed by atoms with van der Waals surface area (Å²) in [6.07, 6.45) is 0.0242. The number of anilines is 2. The number of methoxy groups -OCH3 is 1. The highest BCUT2D eigenvalue weighted by atomic mass is 35.5. The molecule has 3 rings (SSSR count). The quantitative estimate of drug-likeness (QED) is 0.496. The van der Waals surface area contributed by atoms with Crippen LogP contribution >= 0.6 is 23.4 Å². The van der Waals surface area contributed by atoms with E-state index in [0.717, 1.165) is 11.8 Å². The van der Waals surface area contributed by atoms with Gasteiger partial charge in [-0.15, -0.1) is 10.2 Å². The molecule has 162 valence electrons. The van der Waals surface area contributed by atoms with E-state index in [1.54, 1.807) is 43.0 Å². The second-order valence-electron chi connectivity index (χ2n) is 6.38. The fourth-order valence-electron chi connectivity index (χ4n) is 2.55. The molecule has 0 aliphatic heterocycles. The summed E-state index contributed by atoms with van der Waals surface area (Å²) in [7, 11) is 3.29. The fourth-order valence-corrected chi connectivity index (χ4v) is 3.46. The molecule has 0 fully saturated rings. The standard InChI is InChI=1S/C20H19ClFN5O3S/c1-27-17(10-18(28)23-12-3-6-14(30-2)7-4-12)25-26-20(27)31-11-19(29)24-13-5-8-16(22)15(21)9-13/h3-9H,10-11H2,1-2H3,(H,23,28)(H,24,29). The summed E-state index contributed by atoms with van der Waals surface area (Å²) in [4.78, 5) is 24.4. The van der Waals surface area contributed by atoms with Gasteiger partial charge in [0.15, 0.2) is 5.16 Å². The maximum Gasteiger partial charge on any atom is 0.234 e. The number of rotatable bonds is 8. The van der Waals surface area contributed by atoms with Crippen LogP contribution in [0.5, 0.6) is 5.75 Å². The molecule has 0 atom stereocenters. The van der Waals surface area contributed by atoms with E-state index >= 15 is 0 Å². The van der Waals surface area contributed by atoms with E-state index in [0.29, 0.717) is 28.1 Å². The van der Waals surface area contributed by atoms with E-state index in [1.807, 2.05) is 0 Å². The summed E-state index contributed by atoms with van der Waals surface area (Å²) in [5.74, 6) is 0.0898. The first kappa shape index (κ1) is 22.6. The van der Waals surface area contributed by atoms with Crippen LogP contribution in [0.3, 0.4) is 0 Å². The third-order valence-electron chi connectivity index (χ3n) is 4.15. The number of nitrogens with one attached hydrogen (secondary N) is 2. The Balaban J connectivity index is 1.52. The van der Waals surface area contributed by atoms with Crippen molar-refractivity contribution in [2.75, 3.05) is 23.5 Å². The molecule has 3 aromatic rings. The molecule has 0 spiro atoms. The van der Waals surface area contributed by atoms with Crippen molar-refractivity contribution >= 4 is 46.6 Å². The zero-order valence-corrected chi connectivity index (χ0v) is 18.3. The number of hydrogen-bond acceptors (Lipinski definition) is 6. The summed E-state index contributed by atoms with van der Waals surface area (Å²) < 4.78 is 19.9. The van der Waals surface area contributed by atoms with Gasteiger partial charge in [-0.05, 0) is 42.5 Å². The molecule has 1 aromatic heterocycles. The zero-order valence-electron chi connectivity index (χ0n) is 16.7. The van der Waals surface area contributed by atoms with E-state index in [4.69, 9.17) is 16.3 Å². The largest absolute Gasteiger partial charge is 0.497 e. The first-order chi connectivity index (χ1) is 14.9. The van der Waals surface area contributed by atoms with Crippen LogP contribution in [0.4, 0.5) is 15.8 Å². The Kier molecular flexibility index (Phi) is 7.48. The number of thioether (sulfide) groups is 1. The maximum atomic E-state index is 13.2. The molecule has 0 aliphatic rings. The van der Waals surface area contributed by atoms with Crippen molar-refractivity contribution in [2.24, 2.45) is 7.05 Å². The molecule has 8 nitrogen and oxygen atoms in total. The van der Waals surface area contributed by atoms with Crippen molar-refractivity contribution in [3.05, 3.63) is 59.1 Å². The topological polar surface area (TPSA) is 98.1 Å². The smallest absolute Gasteiger partial charge is 0.234 e. The molecule has 1 heterocycles. The van der Waals surface area contributed by atoms with Crippen LogP contribution in [0.15, 0.2) is 47.6 Å². The van der Waals surface area contributed by atoms with Crippen LogP contribution in [0, 0.1) is 5.82 Å². The van der Waals surface area contributed by atoms with Gasteiger partial charge in [0, 0.05) is 18.4 Å². The van der Waals surface area contributed by atoms with Crippen LogP contribution in [0.25, 0.3) is 0 Å². The Bertz CT molecular complexity index is 1090. The minimum Gasteiger partial charge on any atom is -0.497 e. The Labute approximate surface area is 187 Å².